The van der Waals surface area contributed by atoms with Gasteiger partial charge in [-0.15, -0.1) is 0 Å². The second-order valence-electron chi connectivity index (χ2n) is 3.33. The van der Waals surface area contributed by atoms with Gasteiger partial charge in [0.2, 0.25) is 0 Å². The SMILES string of the molecule is CC(C)C#Cc1cccc(C(F)(F)F)n1. The highest BCUT2D eigenvalue weighted by atomic mass is 19.4. The molecule has 0 radical (unpaired) electrons. The van der Waals surface area contributed by atoms with Gasteiger partial charge < -0.3 is 0 Å². The summed E-state index contributed by atoms with van der Waals surface area (Å²) in [5.41, 5.74) is -0.753. The average Bonchev–Trinajstić information content (AvgIpc) is 2.14. The molecule has 1 aromatic heterocycles. The first-order valence-corrected chi connectivity index (χ1v) is 4.45. The lowest BCUT2D eigenvalue weighted by molar-refractivity contribution is -0.141. The van der Waals surface area contributed by atoms with E-state index in [1.807, 2.05) is 13.8 Å². The molecule has 0 atom stereocenters. The minimum atomic E-state index is -4.41. The molecule has 80 valence electrons. The van der Waals surface area contributed by atoms with Gasteiger partial charge >= 0.3 is 6.18 Å². The monoisotopic (exact) mass is 213 g/mol. The molecule has 0 amide bonds. The molecule has 0 aliphatic carbocycles. The first-order chi connectivity index (χ1) is 6.89. The summed E-state index contributed by atoms with van der Waals surface area (Å²) in [5, 5.41) is 0. The van der Waals surface area contributed by atoms with E-state index in [1.165, 1.54) is 12.1 Å². The van der Waals surface area contributed by atoms with Crippen LogP contribution in [-0.2, 0) is 6.18 Å². The molecule has 15 heavy (non-hydrogen) atoms. The van der Waals surface area contributed by atoms with Gasteiger partial charge in [-0.1, -0.05) is 25.8 Å². The van der Waals surface area contributed by atoms with Crippen molar-refractivity contribution in [2.24, 2.45) is 5.92 Å². The third kappa shape index (κ3) is 3.62. The number of alkyl halides is 3. The van der Waals surface area contributed by atoms with Crippen molar-refractivity contribution in [3.05, 3.63) is 29.6 Å². The summed E-state index contributed by atoms with van der Waals surface area (Å²) in [4.78, 5) is 3.42. The summed E-state index contributed by atoms with van der Waals surface area (Å²) in [7, 11) is 0. The zero-order valence-corrected chi connectivity index (χ0v) is 8.39. The Kier molecular flexibility index (Phi) is 3.35. The number of aromatic nitrogens is 1. The number of halogens is 3. The first-order valence-electron chi connectivity index (χ1n) is 4.45. The Labute approximate surface area is 86.3 Å². The average molecular weight is 213 g/mol. The van der Waals surface area contributed by atoms with Gasteiger partial charge in [0.1, 0.15) is 11.4 Å². The third-order valence-electron chi connectivity index (χ3n) is 1.53. The van der Waals surface area contributed by atoms with Crippen LogP contribution >= 0.6 is 0 Å². The summed E-state index contributed by atoms with van der Waals surface area (Å²) in [6.45, 7) is 3.72. The Morgan fingerprint density at radius 3 is 2.47 bits per heavy atom. The van der Waals surface area contributed by atoms with E-state index in [1.54, 1.807) is 0 Å². The standard InChI is InChI=1S/C11H10F3N/c1-8(2)6-7-9-4-3-5-10(15-9)11(12,13)14/h3-5,8H,1-2H3. The van der Waals surface area contributed by atoms with Crippen LogP contribution in [0.4, 0.5) is 13.2 Å². The summed E-state index contributed by atoms with van der Waals surface area (Å²) >= 11 is 0. The van der Waals surface area contributed by atoms with Crippen molar-refractivity contribution in [3.63, 3.8) is 0 Å². The maximum absolute atomic E-state index is 12.3. The number of hydrogen-bond donors (Lipinski definition) is 0. The Morgan fingerprint density at radius 1 is 1.27 bits per heavy atom. The topological polar surface area (TPSA) is 12.9 Å². The number of nitrogens with zero attached hydrogens (tertiary/aromatic N) is 1. The van der Waals surface area contributed by atoms with Crippen LogP contribution < -0.4 is 0 Å². The van der Waals surface area contributed by atoms with Crippen molar-refractivity contribution in [2.75, 3.05) is 0 Å². The Hall–Kier alpha value is -1.50. The van der Waals surface area contributed by atoms with Crippen LogP contribution in [0.5, 0.6) is 0 Å². The van der Waals surface area contributed by atoms with Crippen LogP contribution in [-0.4, -0.2) is 4.98 Å². The highest BCUT2D eigenvalue weighted by Gasteiger charge is 2.32. The zero-order chi connectivity index (χ0) is 11.5. The van der Waals surface area contributed by atoms with Gasteiger partial charge in [0, 0.05) is 5.92 Å². The lowest BCUT2D eigenvalue weighted by Crippen LogP contribution is -2.08. The van der Waals surface area contributed by atoms with Gasteiger partial charge in [0.05, 0.1) is 0 Å². The normalized spacial score (nSPS) is 11.1. The Morgan fingerprint density at radius 2 is 1.93 bits per heavy atom. The van der Waals surface area contributed by atoms with Gasteiger partial charge in [-0.3, -0.25) is 0 Å². The van der Waals surface area contributed by atoms with E-state index >= 15 is 0 Å². The summed E-state index contributed by atoms with van der Waals surface area (Å²) in [6, 6.07) is 3.70. The molecule has 0 saturated carbocycles. The van der Waals surface area contributed by atoms with Gasteiger partial charge in [-0.25, -0.2) is 4.98 Å². The molecule has 0 aliphatic rings. The quantitative estimate of drug-likeness (QED) is 0.603. The fourth-order valence-corrected chi connectivity index (χ4v) is 0.880. The van der Waals surface area contributed by atoms with Crippen molar-refractivity contribution in [1.29, 1.82) is 0 Å². The number of hydrogen-bond acceptors (Lipinski definition) is 1. The molecule has 0 fully saturated rings. The second kappa shape index (κ2) is 4.35. The number of pyridine rings is 1. The number of rotatable bonds is 0. The lowest BCUT2D eigenvalue weighted by Gasteiger charge is -2.04. The Balaban J connectivity index is 3.00. The van der Waals surface area contributed by atoms with Gasteiger partial charge in [0.15, 0.2) is 0 Å². The molecule has 0 N–H and O–H groups in total. The minimum Gasteiger partial charge on any atom is -0.235 e. The van der Waals surface area contributed by atoms with Crippen LogP contribution in [0.1, 0.15) is 25.2 Å². The predicted molar refractivity (Wildman–Crippen MR) is 51.0 cm³/mol. The maximum Gasteiger partial charge on any atom is 0.433 e. The molecule has 1 nitrogen and oxygen atoms in total. The molecular formula is C11H10F3N. The van der Waals surface area contributed by atoms with Gasteiger partial charge in [-0.2, -0.15) is 13.2 Å². The van der Waals surface area contributed by atoms with E-state index in [0.29, 0.717) is 0 Å². The molecule has 0 spiro atoms. The van der Waals surface area contributed by atoms with Crippen molar-refractivity contribution in [1.82, 2.24) is 4.98 Å². The van der Waals surface area contributed by atoms with Crippen LogP contribution in [0.25, 0.3) is 0 Å². The van der Waals surface area contributed by atoms with E-state index in [0.717, 1.165) is 6.07 Å². The third-order valence-corrected chi connectivity index (χ3v) is 1.53. The molecular weight excluding hydrogens is 203 g/mol. The fourth-order valence-electron chi connectivity index (χ4n) is 0.880. The molecule has 1 rings (SSSR count). The first kappa shape index (κ1) is 11.6. The lowest BCUT2D eigenvalue weighted by atomic mass is 10.2. The van der Waals surface area contributed by atoms with Crippen LogP contribution in [0, 0.1) is 17.8 Å². The summed E-state index contributed by atoms with van der Waals surface area (Å²) in [6.07, 6.45) is -4.41. The van der Waals surface area contributed by atoms with Crippen molar-refractivity contribution < 1.29 is 13.2 Å². The molecule has 0 aliphatic heterocycles. The van der Waals surface area contributed by atoms with E-state index in [-0.39, 0.29) is 11.6 Å². The highest BCUT2D eigenvalue weighted by Crippen LogP contribution is 2.27. The van der Waals surface area contributed by atoms with E-state index in [4.69, 9.17) is 0 Å². The maximum atomic E-state index is 12.3. The minimum absolute atomic E-state index is 0.112. The molecule has 1 heterocycles. The molecule has 0 aromatic carbocycles. The van der Waals surface area contributed by atoms with E-state index < -0.39 is 11.9 Å². The van der Waals surface area contributed by atoms with Crippen LogP contribution in [0.3, 0.4) is 0 Å². The fraction of sp³-hybridized carbons (Fsp3) is 0.364. The van der Waals surface area contributed by atoms with Crippen molar-refractivity contribution >= 4 is 0 Å². The van der Waals surface area contributed by atoms with Crippen LogP contribution in [0.2, 0.25) is 0 Å². The van der Waals surface area contributed by atoms with Crippen molar-refractivity contribution in [2.45, 2.75) is 20.0 Å². The van der Waals surface area contributed by atoms with Gasteiger partial charge in [0.25, 0.3) is 0 Å². The van der Waals surface area contributed by atoms with E-state index in [9.17, 15) is 13.2 Å². The Bertz CT molecular complexity index is 396. The predicted octanol–water partition coefficient (Wildman–Crippen LogP) is 3.11. The van der Waals surface area contributed by atoms with Crippen molar-refractivity contribution in [3.8, 4) is 11.8 Å². The van der Waals surface area contributed by atoms with E-state index in [2.05, 4.69) is 16.8 Å². The summed E-state index contributed by atoms with van der Waals surface area (Å²) < 4.78 is 36.8. The second-order valence-corrected chi connectivity index (χ2v) is 3.33. The molecule has 1 aromatic rings. The molecule has 0 saturated heterocycles. The smallest absolute Gasteiger partial charge is 0.235 e. The van der Waals surface area contributed by atoms with Gasteiger partial charge in [-0.05, 0) is 18.1 Å². The largest absolute Gasteiger partial charge is 0.433 e. The summed E-state index contributed by atoms with van der Waals surface area (Å²) in [5.74, 6) is 5.47. The van der Waals surface area contributed by atoms with Crippen LogP contribution in [0.15, 0.2) is 18.2 Å². The molecule has 0 unspecified atom stereocenters. The molecule has 4 heteroatoms. The highest BCUT2D eigenvalue weighted by molar-refractivity contribution is 5.29. The zero-order valence-electron chi connectivity index (χ0n) is 8.39. The molecule has 0 bridgehead atoms.